The molecule has 0 heterocycles. The Balaban J connectivity index is 1.89. The maximum atomic E-state index is 13.0. The van der Waals surface area contributed by atoms with E-state index in [0.717, 1.165) is 17.7 Å². The summed E-state index contributed by atoms with van der Waals surface area (Å²) in [7, 11) is 5.81. The van der Waals surface area contributed by atoms with Gasteiger partial charge in [0.25, 0.3) is 0 Å². The smallest absolute Gasteiger partial charge is 0.317 e. The van der Waals surface area contributed by atoms with Crippen LogP contribution in [0.5, 0.6) is 0 Å². The van der Waals surface area contributed by atoms with Crippen molar-refractivity contribution in [3.63, 3.8) is 0 Å². The molecule has 5 heteroatoms. The summed E-state index contributed by atoms with van der Waals surface area (Å²) in [5.74, 6) is -0.277. The minimum Gasteiger partial charge on any atom is -0.334 e. The average molecular weight is 343 g/mol. The maximum Gasteiger partial charge on any atom is 0.317 e. The van der Waals surface area contributed by atoms with Crippen LogP contribution in [-0.2, 0) is 13.1 Å². The van der Waals surface area contributed by atoms with Crippen LogP contribution in [0.15, 0.2) is 48.5 Å². The number of hydrogen-bond acceptors (Lipinski definition) is 2. The molecule has 0 aliphatic rings. The molecule has 134 valence electrons. The number of urea groups is 1. The van der Waals surface area contributed by atoms with Crippen LogP contribution in [-0.4, -0.2) is 37.0 Å². The number of carbonyl (C=O) groups is 1. The Morgan fingerprint density at radius 2 is 1.56 bits per heavy atom. The third-order valence-electron chi connectivity index (χ3n) is 4.22. The lowest BCUT2D eigenvalue weighted by Crippen LogP contribution is -2.38. The van der Waals surface area contributed by atoms with Gasteiger partial charge in [0.15, 0.2) is 0 Å². The van der Waals surface area contributed by atoms with E-state index in [2.05, 4.69) is 22.3 Å². The first-order chi connectivity index (χ1) is 11.9. The molecule has 0 aliphatic heterocycles. The maximum absolute atomic E-state index is 13.0. The Morgan fingerprint density at radius 3 is 2.12 bits per heavy atom. The van der Waals surface area contributed by atoms with Crippen LogP contribution >= 0.6 is 0 Å². The Labute approximate surface area is 149 Å². The van der Waals surface area contributed by atoms with Gasteiger partial charge in [0, 0.05) is 20.1 Å². The van der Waals surface area contributed by atoms with Gasteiger partial charge in [-0.3, -0.25) is 0 Å². The molecule has 0 saturated carbocycles. The van der Waals surface area contributed by atoms with Crippen molar-refractivity contribution in [1.82, 2.24) is 15.1 Å². The minimum absolute atomic E-state index is 0.136. The third-order valence-corrected chi connectivity index (χ3v) is 4.22. The predicted octanol–water partition coefficient (Wildman–Crippen LogP) is 3.79. The number of carbonyl (C=O) groups excluding carboxylic acids is 1. The van der Waals surface area contributed by atoms with Gasteiger partial charge in [0.2, 0.25) is 0 Å². The predicted molar refractivity (Wildman–Crippen MR) is 98.6 cm³/mol. The van der Waals surface area contributed by atoms with Gasteiger partial charge in [-0.05, 0) is 49.8 Å². The van der Waals surface area contributed by atoms with E-state index >= 15 is 0 Å². The molecule has 1 unspecified atom stereocenters. The Morgan fingerprint density at radius 1 is 1.00 bits per heavy atom. The van der Waals surface area contributed by atoms with Crippen molar-refractivity contribution in [2.45, 2.75) is 26.1 Å². The van der Waals surface area contributed by atoms with Gasteiger partial charge in [-0.2, -0.15) is 0 Å². The van der Waals surface area contributed by atoms with Crippen LogP contribution in [0.25, 0.3) is 0 Å². The van der Waals surface area contributed by atoms with Gasteiger partial charge in [-0.1, -0.05) is 36.4 Å². The van der Waals surface area contributed by atoms with Crippen LogP contribution in [0.3, 0.4) is 0 Å². The summed E-state index contributed by atoms with van der Waals surface area (Å²) in [6.45, 7) is 3.29. The number of benzene rings is 2. The highest BCUT2D eigenvalue weighted by Gasteiger charge is 2.17. The molecule has 2 rings (SSSR count). The monoisotopic (exact) mass is 343 g/mol. The number of nitrogens with one attached hydrogen (secondary N) is 1. The molecule has 0 aromatic heterocycles. The summed E-state index contributed by atoms with van der Waals surface area (Å²) in [6.07, 6.45) is 0. The second-order valence-corrected chi connectivity index (χ2v) is 6.55. The summed E-state index contributed by atoms with van der Waals surface area (Å²) < 4.78 is 13.0. The van der Waals surface area contributed by atoms with Crippen LogP contribution in [0.2, 0.25) is 0 Å². The van der Waals surface area contributed by atoms with Crippen LogP contribution in [0, 0.1) is 5.82 Å². The molecule has 25 heavy (non-hydrogen) atoms. The van der Waals surface area contributed by atoms with E-state index in [1.165, 1.54) is 17.7 Å². The highest BCUT2D eigenvalue weighted by atomic mass is 19.1. The Kier molecular flexibility index (Phi) is 6.53. The fraction of sp³-hybridized carbons (Fsp3) is 0.350. The van der Waals surface area contributed by atoms with Gasteiger partial charge >= 0.3 is 6.03 Å². The summed E-state index contributed by atoms with van der Waals surface area (Å²) in [6, 6.07) is 14.1. The molecule has 4 nitrogen and oxygen atoms in total. The minimum atomic E-state index is -0.277. The van der Waals surface area contributed by atoms with E-state index in [-0.39, 0.29) is 17.9 Å². The van der Waals surface area contributed by atoms with Gasteiger partial charge in [-0.15, -0.1) is 0 Å². The average Bonchev–Trinajstić information content (AvgIpc) is 2.59. The Bertz CT molecular complexity index is 683. The van der Waals surface area contributed by atoms with E-state index in [1.807, 2.05) is 33.2 Å². The molecule has 2 amide bonds. The molecule has 0 fully saturated rings. The summed E-state index contributed by atoms with van der Waals surface area (Å²) in [5.41, 5.74) is 3.19. The number of hydrogen-bond donors (Lipinski definition) is 1. The first kappa shape index (κ1) is 18.9. The van der Waals surface area contributed by atoms with Crippen LogP contribution < -0.4 is 5.32 Å². The largest absolute Gasteiger partial charge is 0.334 e. The van der Waals surface area contributed by atoms with Gasteiger partial charge < -0.3 is 15.1 Å². The fourth-order valence-electron chi connectivity index (χ4n) is 2.57. The second-order valence-electron chi connectivity index (χ2n) is 6.55. The SMILES string of the molecule is CC(c1ccc(F)cc1)N(C)C(=O)NCc1ccc(CN(C)C)cc1. The molecular weight excluding hydrogens is 317 g/mol. The summed E-state index contributed by atoms with van der Waals surface area (Å²) in [5, 5.41) is 2.92. The van der Waals surface area contributed by atoms with Crippen molar-refractivity contribution in [1.29, 1.82) is 0 Å². The molecular formula is C20H26FN3O. The molecule has 0 spiro atoms. The van der Waals surface area contributed by atoms with Crippen molar-refractivity contribution < 1.29 is 9.18 Å². The molecule has 0 bridgehead atoms. The molecule has 1 atom stereocenters. The van der Waals surface area contributed by atoms with E-state index in [1.54, 1.807) is 24.1 Å². The highest BCUT2D eigenvalue weighted by Crippen LogP contribution is 2.19. The molecule has 0 radical (unpaired) electrons. The molecule has 0 saturated heterocycles. The van der Waals surface area contributed by atoms with Crippen LogP contribution in [0.1, 0.15) is 29.7 Å². The van der Waals surface area contributed by atoms with Crippen molar-refractivity contribution in [3.05, 3.63) is 71.0 Å². The normalized spacial score (nSPS) is 12.1. The van der Waals surface area contributed by atoms with Crippen molar-refractivity contribution >= 4 is 6.03 Å². The lowest BCUT2D eigenvalue weighted by Gasteiger charge is -2.25. The molecule has 0 aliphatic carbocycles. The standard InChI is InChI=1S/C20H26FN3O/c1-15(18-9-11-19(21)12-10-18)24(4)20(25)22-13-16-5-7-17(8-6-16)14-23(2)3/h5-12,15H,13-14H2,1-4H3,(H,22,25). The van der Waals surface area contributed by atoms with Gasteiger partial charge in [-0.25, -0.2) is 9.18 Å². The first-order valence-corrected chi connectivity index (χ1v) is 8.35. The van der Waals surface area contributed by atoms with Gasteiger partial charge in [0.1, 0.15) is 5.82 Å². The zero-order valence-electron chi connectivity index (χ0n) is 15.3. The quantitative estimate of drug-likeness (QED) is 0.866. The zero-order chi connectivity index (χ0) is 18.4. The third kappa shape index (κ3) is 5.57. The first-order valence-electron chi connectivity index (χ1n) is 8.35. The van der Waals surface area contributed by atoms with E-state index < -0.39 is 0 Å². The van der Waals surface area contributed by atoms with Crippen molar-refractivity contribution in [3.8, 4) is 0 Å². The lowest BCUT2D eigenvalue weighted by molar-refractivity contribution is 0.194. The Hall–Kier alpha value is -2.40. The highest BCUT2D eigenvalue weighted by molar-refractivity contribution is 5.74. The van der Waals surface area contributed by atoms with Gasteiger partial charge in [0.05, 0.1) is 6.04 Å². The number of nitrogens with zero attached hydrogens (tertiary/aromatic N) is 2. The number of rotatable bonds is 6. The van der Waals surface area contributed by atoms with Crippen molar-refractivity contribution in [2.75, 3.05) is 21.1 Å². The number of halogens is 1. The summed E-state index contributed by atoms with van der Waals surface area (Å²) in [4.78, 5) is 16.1. The van der Waals surface area contributed by atoms with E-state index in [9.17, 15) is 9.18 Å². The topological polar surface area (TPSA) is 35.6 Å². The van der Waals surface area contributed by atoms with Crippen LogP contribution in [0.4, 0.5) is 9.18 Å². The zero-order valence-corrected chi connectivity index (χ0v) is 15.3. The van der Waals surface area contributed by atoms with E-state index in [4.69, 9.17) is 0 Å². The van der Waals surface area contributed by atoms with E-state index in [0.29, 0.717) is 6.54 Å². The molecule has 2 aromatic rings. The second kappa shape index (κ2) is 8.62. The fourth-order valence-corrected chi connectivity index (χ4v) is 2.57. The number of amides is 2. The lowest BCUT2D eigenvalue weighted by atomic mass is 10.1. The summed E-state index contributed by atoms with van der Waals surface area (Å²) >= 11 is 0. The molecule has 2 aromatic carbocycles. The molecule has 1 N–H and O–H groups in total. The van der Waals surface area contributed by atoms with Crippen molar-refractivity contribution in [2.24, 2.45) is 0 Å².